The molecule has 1 atom stereocenters. The zero-order valence-electron chi connectivity index (χ0n) is 20.3. The molecule has 0 saturated heterocycles. The summed E-state index contributed by atoms with van der Waals surface area (Å²) in [4.78, 5) is 13.3. The third-order valence-electron chi connectivity index (χ3n) is 5.40. The van der Waals surface area contributed by atoms with Crippen molar-refractivity contribution in [3.63, 3.8) is 0 Å². The molecule has 3 rings (SSSR count). The fourth-order valence-electron chi connectivity index (χ4n) is 3.91. The molecule has 1 unspecified atom stereocenters. The molecular weight excluding hydrogens is 440 g/mol. The number of allylic oxidation sites excluding steroid dienone is 1. The van der Waals surface area contributed by atoms with Crippen LogP contribution >= 0.6 is 0 Å². The fourth-order valence-corrected chi connectivity index (χ4v) is 4.89. The lowest BCUT2D eigenvalue weighted by atomic mass is 9.95. The lowest BCUT2D eigenvalue weighted by Crippen LogP contribution is -2.21. The van der Waals surface area contributed by atoms with Crippen molar-refractivity contribution in [2.75, 3.05) is 28.4 Å². The van der Waals surface area contributed by atoms with Crippen LogP contribution in [-0.2, 0) is 9.22 Å². The van der Waals surface area contributed by atoms with Gasteiger partial charge in [-0.25, -0.2) is 0 Å². The predicted molar refractivity (Wildman–Crippen MR) is 130 cm³/mol. The Kier molecular flexibility index (Phi) is 7.39. The van der Waals surface area contributed by atoms with Crippen molar-refractivity contribution in [3.05, 3.63) is 41.5 Å². The number of Topliss-reactive ketones (excluding diaryl/α,β-unsaturated/α-hetero) is 1. The number of phenols is 1. The number of carbonyl (C=O) groups is 1. The van der Waals surface area contributed by atoms with Crippen LogP contribution in [0.4, 0.5) is 0 Å². The van der Waals surface area contributed by atoms with Crippen LogP contribution in [0.5, 0.6) is 28.7 Å². The van der Waals surface area contributed by atoms with Crippen molar-refractivity contribution in [2.24, 2.45) is 0 Å². The number of aromatic hydroxyl groups is 1. The van der Waals surface area contributed by atoms with E-state index in [4.69, 9.17) is 23.4 Å². The second-order valence-electron chi connectivity index (χ2n) is 9.08. The quantitative estimate of drug-likeness (QED) is 0.582. The van der Waals surface area contributed by atoms with Crippen molar-refractivity contribution in [2.45, 2.75) is 38.3 Å². The van der Waals surface area contributed by atoms with Gasteiger partial charge in [-0.05, 0) is 46.0 Å². The molecule has 0 amide bonds. The topological polar surface area (TPSA) is 83.5 Å². The van der Waals surface area contributed by atoms with Gasteiger partial charge >= 0.3 is 0 Å². The van der Waals surface area contributed by atoms with Gasteiger partial charge in [-0.1, -0.05) is 26.8 Å². The maximum absolute atomic E-state index is 13.3. The molecule has 0 heterocycles. The highest BCUT2D eigenvalue weighted by atomic mass is 28.2. The van der Waals surface area contributed by atoms with Crippen LogP contribution in [0, 0.1) is 0 Å². The first-order chi connectivity index (χ1) is 15.6. The van der Waals surface area contributed by atoms with Crippen molar-refractivity contribution in [1.29, 1.82) is 0 Å². The minimum atomic E-state index is -0.941. The van der Waals surface area contributed by atoms with Gasteiger partial charge < -0.3 is 28.5 Å². The number of benzene rings is 2. The number of carbonyl (C=O) groups excluding carboxylic acids is 1. The third-order valence-corrected chi connectivity index (χ3v) is 6.84. The molecule has 2 aromatic carbocycles. The molecule has 1 aliphatic rings. The average molecular weight is 473 g/mol. The minimum Gasteiger partial charge on any atom is -0.504 e. The molecule has 0 spiro atoms. The molecule has 8 heteroatoms. The molecule has 7 nitrogen and oxygen atoms in total. The second kappa shape index (κ2) is 9.89. The van der Waals surface area contributed by atoms with Gasteiger partial charge in [-0.2, -0.15) is 0 Å². The summed E-state index contributed by atoms with van der Waals surface area (Å²) in [7, 11) is 5.16. The summed E-state index contributed by atoms with van der Waals surface area (Å²) in [6.07, 6.45) is -0.165. The second-order valence-corrected chi connectivity index (χ2v) is 11.8. The van der Waals surface area contributed by atoms with E-state index in [0.717, 1.165) is 5.57 Å². The number of hydrogen-bond donors (Lipinski definition) is 1. The molecule has 0 radical (unpaired) electrons. The lowest BCUT2D eigenvalue weighted by molar-refractivity contribution is -0.114. The number of rotatable bonds is 8. The Morgan fingerprint density at radius 1 is 0.879 bits per heavy atom. The van der Waals surface area contributed by atoms with Crippen molar-refractivity contribution < 1.29 is 33.3 Å². The largest absolute Gasteiger partial charge is 0.504 e. The standard InChI is InChI=1S/C25H32O7Si/c1-25(2,3)33-32-19-13-17(27)22(23(19)14-8-9-18(28-4)16(26)10-14)15-11-20(29-5)24(31-7)21(12-15)30-6/h8-12,19,26H,13,33H2,1-7H3. The number of phenolic OH excluding ortho intramolecular Hbond substituents is 1. The Hall–Kier alpha value is -2.97. The van der Waals surface area contributed by atoms with Crippen LogP contribution in [0.25, 0.3) is 11.1 Å². The number of ketones is 1. The first-order valence-electron chi connectivity index (χ1n) is 10.7. The van der Waals surface area contributed by atoms with Gasteiger partial charge in [0.2, 0.25) is 5.75 Å². The summed E-state index contributed by atoms with van der Waals surface area (Å²) in [5.74, 6) is 1.68. The van der Waals surface area contributed by atoms with E-state index in [-0.39, 0.29) is 23.0 Å². The first kappa shape index (κ1) is 24.7. The maximum atomic E-state index is 13.3. The van der Waals surface area contributed by atoms with Crippen molar-refractivity contribution >= 4 is 26.7 Å². The predicted octanol–water partition coefficient (Wildman–Crippen LogP) is 4.00. The van der Waals surface area contributed by atoms with Crippen LogP contribution < -0.4 is 18.9 Å². The summed E-state index contributed by atoms with van der Waals surface area (Å²) in [5.41, 5.74) is 2.61. The summed E-state index contributed by atoms with van der Waals surface area (Å²) in [6, 6.07) is 8.66. The molecule has 33 heavy (non-hydrogen) atoms. The van der Waals surface area contributed by atoms with Gasteiger partial charge in [0.1, 0.15) is 0 Å². The van der Waals surface area contributed by atoms with Gasteiger partial charge in [-0.3, -0.25) is 4.79 Å². The van der Waals surface area contributed by atoms with E-state index < -0.39 is 15.9 Å². The van der Waals surface area contributed by atoms with Crippen LogP contribution in [0.1, 0.15) is 38.3 Å². The first-order valence-corrected chi connectivity index (χ1v) is 12.0. The van der Waals surface area contributed by atoms with Crippen molar-refractivity contribution in [3.8, 4) is 28.7 Å². The summed E-state index contributed by atoms with van der Waals surface area (Å²) in [6.45, 7) is 6.41. The molecule has 0 fully saturated rings. The molecule has 0 bridgehead atoms. The van der Waals surface area contributed by atoms with E-state index in [0.29, 0.717) is 39.7 Å². The SMILES string of the molecule is COc1ccc(C2=C(c3cc(OC)c(OC)c(OC)c3)C(=O)CC2O[SiH2]C(C)(C)C)cc1O. The summed E-state index contributed by atoms with van der Waals surface area (Å²) < 4.78 is 28.0. The molecule has 0 aliphatic heterocycles. The highest BCUT2D eigenvalue weighted by molar-refractivity contribution is 6.35. The fraction of sp³-hybridized carbons (Fsp3) is 0.400. The summed E-state index contributed by atoms with van der Waals surface area (Å²) in [5, 5.41) is 10.5. The van der Waals surface area contributed by atoms with Crippen LogP contribution in [0.3, 0.4) is 0 Å². The number of hydrogen-bond acceptors (Lipinski definition) is 7. The Labute approximate surface area is 197 Å². The zero-order valence-corrected chi connectivity index (χ0v) is 21.7. The van der Waals surface area contributed by atoms with Gasteiger partial charge in [0.15, 0.2) is 38.5 Å². The van der Waals surface area contributed by atoms with Crippen molar-refractivity contribution in [1.82, 2.24) is 0 Å². The van der Waals surface area contributed by atoms with E-state index in [9.17, 15) is 9.90 Å². The maximum Gasteiger partial charge on any atom is 0.203 e. The third kappa shape index (κ3) is 5.17. The Morgan fingerprint density at radius 2 is 1.48 bits per heavy atom. The van der Waals surface area contributed by atoms with E-state index in [2.05, 4.69) is 20.8 Å². The zero-order chi connectivity index (χ0) is 24.3. The van der Waals surface area contributed by atoms with E-state index in [1.54, 1.807) is 24.3 Å². The smallest absolute Gasteiger partial charge is 0.203 e. The highest BCUT2D eigenvalue weighted by Gasteiger charge is 2.36. The number of ether oxygens (including phenoxy) is 4. The molecule has 0 saturated carbocycles. The Balaban J connectivity index is 2.23. The monoisotopic (exact) mass is 472 g/mol. The van der Waals surface area contributed by atoms with Gasteiger partial charge in [0.05, 0.1) is 34.5 Å². The molecule has 1 aliphatic carbocycles. The summed E-state index contributed by atoms with van der Waals surface area (Å²) >= 11 is 0. The highest BCUT2D eigenvalue weighted by Crippen LogP contribution is 2.46. The Bertz CT molecular complexity index is 1040. The Morgan fingerprint density at radius 3 is 1.97 bits per heavy atom. The van der Waals surface area contributed by atoms with Gasteiger partial charge in [0.25, 0.3) is 0 Å². The molecule has 2 aromatic rings. The molecule has 1 N–H and O–H groups in total. The van der Waals surface area contributed by atoms with E-state index in [1.165, 1.54) is 28.4 Å². The van der Waals surface area contributed by atoms with Crippen LogP contribution in [0.15, 0.2) is 30.3 Å². The lowest BCUT2D eigenvalue weighted by Gasteiger charge is -2.23. The van der Waals surface area contributed by atoms with E-state index >= 15 is 0 Å². The van der Waals surface area contributed by atoms with E-state index in [1.807, 2.05) is 6.07 Å². The minimum absolute atomic E-state index is 0.00194. The van der Waals surface area contributed by atoms with Gasteiger partial charge in [-0.15, -0.1) is 0 Å². The van der Waals surface area contributed by atoms with Crippen LogP contribution in [-0.4, -0.2) is 55.2 Å². The molecule has 178 valence electrons. The normalized spacial score (nSPS) is 16.6. The number of methoxy groups -OCH3 is 4. The van der Waals surface area contributed by atoms with Gasteiger partial charge in [0, 0.05) is 12.0 Å². The molecular formula is C25H32O7Si. The molecule has 0 aromatic heterocycles. The average Bonchev–Trinajstić information content (AvgIpc) is 3.12. The van der Waals surface area contributed by atoms with Crippen LogP contribution in [0.2, 0.25) is 5.04 Å².